The van der Waals surface area contributed by atoms with Crippen LogP contribution in [0.5, 0.6) is 0 Å². The van der Waals surface area contributed by atoms with Crippen molar-refractivity contribution in [1.29, 1.82) is 0 Å². The predicted octanol–water partition coefficient (Wildman–Crippen LogP) is 13.3. The van der Waals surface area contributed by atoms with Gasteiger partial charge in [0.05, 0.1) is 0 Å². The Hall–Kier alpha value is -0.780. The summed E-state index contributed by atoms with van der Waals surface area (Å²) in [5, 5.41) is 0. The van der Waals surface area contributed by atoms with Crippen molar-refractivity contribution in [2.45, 2.75) is 182 Å². The number of hydrogen-bond acceptors (Lipinski definition) is 0. The molecule has 208 valence electrons. The van der Waals surface area contributed by atoms with Crippen molar-refractivity contribution >= 4 is 0 Å². The topological polar surface area (TPSA) is 0 Å². The normalized spacial score (nSPS) is 11.9. The maximum atomic E-state index is 4.14. The second-order valence-corrected chi connectivity index (χ2v) is 11.0. The minimum Gasteiger partial charge on any atom is -0.103 e. The Morgan fingerprint density at radius 1 is 0.543 bits per heavy atom. The summed E-state index contributed by atoms with van der Waals surface area (Å²) in [6, 6.07) is 0. The van der Waals surface area contributed by atoms with Gasteiger partial charge in [0.25, 0.3) is 0 Å². The SMILES string of the molecule is C=C(CCC)CCCCCCCCCC/C=C\CCCCC.C=CCCC(C)CCCCCCC. The molecule has 0 nitrogen and oxygen atoms in total. The van der Waals surface area contributed by atoms with E-state index in [0.717, 1.165) is 5.92 Å². The molecule has 35 heavy (non-hydrogen) atoms. The third-order valence-electron chi connectivity index (χ3n) is 7.06. The van der Waals surface area contributed by atoms with E-state index in [1.807, 2.05) is 6.08 Å². The molecule has 0 heterocycles. The lowest BCUT2D eigenvalue weighted by atomic mass is 9.98. The molecule has 0 heteroatoms. The Labute approximate surface area is 224 Å². The van der Waals surface area contributed by atoms with Gasteiger partial charge in [-0.05, 0) is 63.7 Å². The molecule has 0 spiro atoms. The van der Waals surface area contributed by atoms with Crippen molar-refractivity contribution in [3.8, 4) is 0 Å². The van der Waals surface area contributed by atoms with E-state index in [0.29, 0.717) is 0 Å². The highest BCUT2D eigenvalue weighted by Crippen LogP contribution is 2.16. The monoisotopic (exact) mass is 489 g/mol. The Morgan fingerprint density at radius 3 is 1.60 bits per heavy atom. The fraction of sp³-hybridized carbons (Fsp3) is 0.829. The first-order chi connectivity index (χ1) is 17.1. The standard InChI is InChI=1S/C22H42.C13H26/c1-4-6-7-8-9-10-11-12-13-14-15-16-17-18-19-21-22(3)20-5-2;1-4-6-8-9-10-12-13(3)11-7-5-2/h9-10H,3-8,11-21H2,1-2H3;5,13H,2,4,6-12H2,1,3H3/b10-9-;. The minimum absolute atomic E-state index is 0.902. The summed E-state index contributed by atoms with van der Waals surface area (Å²) in [7, 11) is 0. The first kappa shape index (κ1) is 36.4. The second-order valence-electron chi connectivity index (χ2n) is 11.0. The molecule has 1 atom stereocenters. The van der Waals surface area contributed by atoms with E-state index in [1.54, 1.807) is 0 Å². The quantitative estimate of drug-likeness (QED) is 0.0838. The third kappa shape index (κ3) is 35.5. The average Bonchev–Trinajstić information content (AvgIpc) is 2.85. The van der Waals surface area contributed by atoms with Crippen molar-refractivity contribution in [1.82, 2.24) is 0 Å². The Bertz CT molecular complexity index is 429. The Balaban J connectivity index is 0. The van der Waals surface area contributed by atoms with Gasteiger partial charge in [0.2, 0.25) is 0 Å². The van der Waals surface area contributed by atoms with Gasteiger partial charge >= 0.3 is 0 Å². The average molecular weight is 489 g/mol. The summed E-state index contributed by atoms with van der Waals surface area (Å²) < 4.78 is 0. The van der Waals surface area contributed by atoms with E-state index in [9.17, 15) is 0 Å². The highest BCUT2D eigenvalue weighted by Gasteiger charge is 2.00. The summed E-state index contributed by atoms with van der Waals surface area (Å²) in [5.41, 5.74) is 1.46. The van der Waals surface area contributed by atoms with Crippen LogP contribution in [0.2, 0.25) is 0 Å². The summed E-state index contributed by atoms with van der Waals surface area (Å²) in [6.45, 7) is 17.0. The van der Waals surface area contributed by atoms with Crippen LogP contribution in [-0.4, -0.2) is 0 Å². The van der Waals surface area contributed by atoms with Gasteiger partial charge < -0.3 is 0 Å². The van der Waals surface area contributed by atoms with Gasteiger partial charge in [-0.15, -0.1) is 6.58 Å². The molecule has 0 aromatic carbocycles. The largest absolute Gasteiger partial charge is 0.103 e. The molecular formula is C35H68. The number of rotatable bonds is 26. The maximum absolute atomic E-state index is 4.14. The van der Waals surface area contributed by atoms with Gasteiger partial charge in [-0.3, -0.25) is 0 Å². The Morgan fingerprint density at radius 2 is 1.03 bits per heavy atom. The molecule has 0 aromatic heterocycles. The number of hydrogen-bond donors (Lipinski definition) is 0. The molecule has 0 aromatic rings. The fourth-order valence-corrected chi connectivity index (χ4v) is 4.57. The smallest absolute Gasteiger partial charge is 0.0323 e. The van der Waals surface area contributed by atoms with Gasteiger partial charge in [-0.25, -0.2) is 0 Å². The fourth-order valence-electron chi connectivity index (χ4n) is 4.57. The number of allylic oxidation sites excluding steroid dienone is 4. The van der Waals surface area contributed by atoms with Gasteiger partial charge in [-0.2, -0.15) is 0 Å². The van der Waals surface area contributed by atoms with E-state index < -0.39 is 0 Å². The van der Waals surface area contributed by atoms with E-state index in [4.69, 9.17) is 0 Å². The molecule has 0 aliphatic carbocycles. The molecule has 0 radical (unpaired) electrons. The van der Waals surface area contributed by atoms with Crippen LogP contribution in [0.25, 0.3) is 0 Å². The van der Waals surface area contributed by atoms with Gasteiger partial charge in [0.15, 0.2) is 0 Å². The molecule has 0 aliphatic rings. The summed E-state index contributed by atoms with van der Waals surface area (Å²) in [4.78, 5) is 0. The number of unbranched alkanes of at least 4 members (excludes halogenated alkanes) is 15. The van der Waals surface area contributed by atoms with E-state index >= 15 is 0 Å². The van der Waals surface area contributed by atoms with Crippen LogP contribution >= 0.6 is 0 Å². The van der Waals surface area contributed by atoms with E-state index in [-0.39, 0.29) is 0 Å². The lowest BCUT2D eigenvalue weighted by Crippen LogP contribution is -1.93. The molecule has 0 rings (SSSR count). The minimum atomic E-state index is 0.902. The molecule has 0 bridgehead atoms. The molecule has 0 aliphatic heterocycles. The molecule has 0 saturated heterocycles. The van der Waals surface area contributed by atoms with Crippen molar-refractivity contribution in [2.24, 2.45) is 5.92 Å². The molecule has 0 fully saturated rings. The zero-order valence-corrected chi connectivity index (χ0v) is 25.2. The Kier molecular flexibility index (Phi) is 34.5. The van der Waals surface area contributed by atoms with E-state index in [1.165, 1.54) is 160 Å². The van der Waals surface area contributed by atoms with E-state index in [2.05, 4.69) is 53.0 Å². The van der Waals surface area contributed by atoms with Crippen molar-refractivity contribution in [3.05, 3.63) is 37.0 Å². The molecule has 0 saturated carbocycles. The third-order valence-corrected chi connectivity index (χ3v) is 7.06. The highest BCUT2D eigenvalue weighted by atomic mass is 14.1. The first-order valence-corrected chi connectivity index (χ1v) is 16.0. The van der Waals surface area contributed by atoms with Crippen molar-refractivity contribution in [3.63, 3.8) is 0 Å². The van der Waals surface area contributed by atoms with Crippen LogP contribution in [0.4, 0.5) is 0 Å². The van der Waals surface area contributed by atoms with Gasteiger partial charge in [-0.1, -0.05) is 154 Å². The van der Waals surface area contributed by atoms with Crippen LogP contribution < -0.4 is 0 Å². The van der Waals surface area contributed by atoms with Crippen LogP contribution in [0.3, 0.4) is 0 Å². The maximum Gasteiger partial charge on any atom is -0.0323 e. The zero-order valence-electron chi connectivity index (χ0n) is 25.2. The van der Waals surface area contributed by atoms with Crippen LogP contribution in [0.1, 0.15) is 182 Å². The van der Waals surface area contributed by atoms with Gasteiger partial charge in [0, 0.05) is 0 Å². The zero-order chi connectivity index (χ0) is 26.2. The van der Waals surface area contributed by atoms with Crippen LogP contribution in [0, 0.1) is 5.92 Å². The first-order valence-electron chi connectivity index (χ1n) is 16.0. The summed E-state index contributed by atoms with van der Waals surface area (Å²) in [5.74, 6) is 0.902. The molecule has 0 amide bonds. The van der Waals surface area contributed by atoms with Crippen LogP contribution in [-0.2, 0) is 0 Å². The molecular weight excluding hydrogens is 420 g/mol. The molecule has 1 unspecified atom stereocenters. The van der Waals surface area contributed by atoms with Crippen LogP contribution in [0.15, 0.2) is 37.0 Å². The van der Waals surface area contributed by atoms with Crippen molar-refractivity contribution in [2.75, 3.05) is 0 Å². The summed E-state index contributed by atoms with van der Waals surface area (Å²) >= 11 is 0. The summed E-state index contributed by atoms with van der Waals surface area (Å²) in [6.07, 6.45) is 39.6. The predicted molar refractivity (Wildman–Crippen MR) is 165 cm³/mol. The van der Waals surface area contributed by atoms with Gasteiger partial charge in [0.1, 0.15) is 0 Å². The lowest BCUT2D eigenvalue weighted by Gasteiger charge is -2.08. The highest BCUT2D eigenvalue weighted by molar-refractivity contribution is 4.92. The van der Waals surface area contributed by atoms with Crippen molar-refractivity contribution < 1.29 is 0 Å². The molecule has 0 N–H and O–H groups in total. The second kappa shape index (κ2) is 33.2. The lowest BCUT2D eigenvalue weighted by molar-refractivity contribution is 0.461.